The number of nitrogens with zero attached hydrogens (tertiary/aromatic N) is 4. The van der Waals surface area contributed by atoms with Gasteiger partial charge < -0.3 is 5.32 Å². The van der Waals surface area contributed by atoms with Crippen molar-refractivity contribution in [1.82, 2.24) is 14.1 Å². The molecule has 3 aromatic heterocycles. The van der Waals surface area contributed by atoms with Gasteiger partial charge in [-0.15, -0.1) is 0 Å². The third-order valence-electron chi connectivity index (χ3n) is 3.55. The maximum atomic E-state index is 12.2. The standard InChI is InChI=1S/C14H11N5O5S/c1-17-11-8(13(21)18(2)14(17)22)5-7(6-15-11)16-12(20)9-3-4-10(25-9)19(23)24/h3-6H,1-2H3,(H,16,20). The minimum atomic E-state index is -0.580. The van der Waals surface area contributed by atoms with Crippen LogP contribution in [0.5, 0.6) is 0 Å². The van der Waals surface area contributed by atoms with E-state index in [4.69, 9.17) is 0 Å². The Labute approximate surface area is 143 Å². The van der Waals surface area contributed by atoms with Gasteiger partial charge in [0.15, 0.2) is 0 Å². The highest BCUT2D eigenvalue weighted by atomic mass is 32.1. The predicted molar refractivity (Wildman–Crippen MR) is 91.2 cm³/mol. The van der Waals surface area contributed by atoms with Crippen LogP contribution in [0.3, 0.4) is 0 Å². The number of anilines is 1. The van der Waals surface area contributed by atoms with Crippen LogP contribution in [0.4, 0.5) is 10.7 Å². The number of nitro groups is 1. The molecule has 0 bridgehead atoms. The quantitative estimate of drug-likeness (QED) is 0.544. The lowest BCUT2D eigenvalue weighted by atomic mass is 10.3. The fourth-order valence-electron chi connectivity index (χ4n) is 2.27. The fourth-order valence-corrected chi connectivity index (χ4v) is 2.99. The first kappa shape index (κ1) is 16.5. The summed E-state index contributed by atoms with van der Waals surface area (Å²) >= 11 is 0.739. The maximum Gasteiger partial charge on any atom is 0.332 e. The number of hydrogen-bond acceptors (Lipinski definition) is 7. The fraction of sp³-hybridized carbons (Fsp3) is 0.143. The van der Waals surface area contributed by atoms with Crippen molar-refractivity contribution in [2.45, 2.75) is 0 Å². The normalized spacial score (nSPS) is 10.8. The van der Waals surface area contributed by atoms with Crippen LogP contribution < -0.4 is 16.6 Å². The summed E-state index contributed by atoms with van der Waals surface area (Å²) in [5.41, 5.74) is -0.608. The molecule has 25 heavy (non-hydrogen) atoms. The first-order chi connectivity index (χ1) is 11.8. The summed E-state index contributed by atoms with van der Waals surface area (Å²) in [6.07, 6.45) is 1.31. The minimum absolute atomic E-state index is 0.148. The van der Waals surface area contributed by atoms with Crippen molar-refractivity contribution in [2.75, 3.05) is 5.32 Å². The summed E-state index contributed by atoms with van der Waals surface area (Å²) in [5, 5.41) is 13.2. The molecule has 0 radical (unpaired) electrons. The Morgan fingerprint density at radius 1 is 1.28 bits per heavy atom. The van der Waals surface area contributed by atoms with Crippen molar-refractivity contribution >= 4 is 39.0 Å². The summed E-state index contributed by atoms with van der Waals surface area (Å²) < 4.78 is 2.17. The number of hydrogen-bond donors (Lipinski definition) is 1. The molecule has 3 aromatic rings. The summed E-state index contributed by atoms with van der Waals surface area (Å²) in [7, 11) is 2.83. The second-order valence-corrected chi connectivity index (χ2v) is 6.21. The molecule has 0 atom stereocenters. The molecular weight excluding hydrogens is 350 g/mol. The number of aromatic nitrogens is 3. The molecule has 0 aliphatic carbocycles. The van der Waals surface area contributed by atoms with Crippen molar-refractivity contribution in [2.24, 2.45) is 14.1 Å². The van der Waals surface area contributed by atoms with Gasteiger partial charge in [-0.1, -0.05) is 11.3 Å². The molecule has 0 saturated carbocycles. The Kier molecular flexibility index (Phi) is 3.93. The molecule has 0 fully saturated rings. The summed E-state index contributed by atoms with van der Waals surface area (Å²) in [5.74, 6) is -0.555. The number of fused-ring (bicyclic) bond motifs is 1. The molecule has 11 heteroatoms. The van der Waals surface area contributed by atoms with Crippen LogP contribution in [0, 0.1) is 10.1 Å². The first-order valence-electron chi connectivity index (χ1n) is 6.91. The molecule has 0 spiro atoms. The molecule has 0 aliphatic heterocycles. The lowest BCUT2D eigenvalue weighted by Crippen LogP contribution is -2.37. The Morgan fingerprint density at radius 2 is 2.00 bits per heavy atom. The number of aryl methyl sites for hydroxylation is 1. The Morgan fingerprint density at radius 3 is 2.64 bits per heavy atom. The van der Waals surface area contributed by atoms with Gasteiger partial charge in [-0.25, -0.2) is 9.78 Å². The lowest BCUT2D eigenvalue weighted by Gasteiger charge is -2.08. The zero-order chi connectivity index (χ0) is 18.3. The van der Waals surface area contributed by atoms with Crippen LogP contribution >= 0.6 is 11.3 Å². The van der Waals surface area contributed by atoms with Crippen molar-refractivity contribution in [3.63, 3.8) is 0 Å². The van der Waals surface area contributed by atoms with Gasteiger partial charge in [0.1, 0.15) is 5.65 Å². The van der Waals surface area contributed by atoms with Crippen LogP contribution in [-0.4, -0.2) is 24.9 Å². The van der Waals surface area contributed by atoms with Gasteiger partial charge in [0.2, 0.25) is 0 Å². The number of pyridine rings is 1. The Hall–Kier alpha value is -3.34. The number of rotatable bonds is 3. The van der Waals surface area contributed by atoms with E-state index in [-0.39, 0.29) is 26.6 Å². The van der Waals surface area contributed by atoms with E-state index in [1.54, 1.807) is 0 Å². The van der Waals surface area contributed by atoms with Crippen molar-refractivity contribution in [3.05, 3.63) is 60.2 Å². The average molecular weight is 361 g/mol. The molecule has 0 saturated heterocycles. The molecule has 0 aliphatic rings. The van der Waals surface area contributed by atoms with Crippen molar-refractivity contribution in [1.29, 1.82) is 0 Å². The molecular formula is C14H11N5O5S. The number of carbonyl (C=O) groups is 1. The van der Waals surface area contributed by atoms with Crippen LogP contribution in [-0.2, 0) is 14.1 Å². The van der Waals surface area contributed by atoms with Gasteiger partial charge in [-0.2, -0.15) is 0 Å². The van der Waals surface area contributed by atoms with E-state index in [2.05, 4.69) is 10.3 Å². The molecule has 1 N–H and O–H groups in total. The molecule has 128 valence electrons. The molecule has 0 aromatic carbocycles. The summed E-state index contributed by atoms with van der Waals surface area (Å²) in [6.45, 7) is 0. The molecule has 3 rings (SSSR count). The minimum Gasteiger partial charge on any atom is -0.320 e. The average Bonchev–Trinajstić information content (AvgIpc) is 3.08. The van der Waals surface area contributed by atoms with E-state index in [9.17, 15) is 24.5 Å². The van der Waals surface area contributed by atoms with Crippen LogP contribution in [0.15, 0.2) is 34.0 Å². The highest BCUT2D eigenvalue weighted by Crippen LogP contribution is 2.24. The zero-order valence-electron chi connectivity index (χ0n) is 13.0. The summed E-state index contributed by atoms with van der Waals surface area (Å²) in [4.78, 5) is 50.6. The third-order valence-corrected chi connectivity index (χ3v) is 4.58. The van der Waals surface area contributed by atoms with Crippen LogP contribution in [0.1, 0.15) is 9.67 Å². The molecule has 10 nitrogen and oxygen atoms in total. The Balaban J connectivity index is 1.99. The van der Waals surface area contributed by atoms with E-state index in [1.807, 2.05) is 0 Å². The van der Waals surface area contributed by atoms with Crippen molar-refractivity contribution in [3.8, 4) is 0 Å². The SMILES string of the molecule is Cn1c(=O)c2cc(NC(=O)c3ccc([N+](=O)[O-])s3)cnc2n(C)c1=O. The second kappa shape index (κ2) is 5.94. The van der Waals surface area contributed by atoms with E-state index < -0.39 is 22.1 Å². The first-order valence-corrected chi connectivity index (χ1v) is 7.72. The van der Waals surface area contributed by atoms with Gasteiger partial charge in [0.25, 0.3) is 11.5 Å². The van der Waals surface area contributed by atoms with E-state index in [0.29, 0.717) is 0 Å². The molecule has 1 amide bonds. The second-order valence-electron chi connectivity index (χ2n) is 5.15. The maximum absolute atomic E-state index is 12.2. The highest BCUT2D eigenvalue weighted by Gasteiger charge is 2.16. The van der Waals surface area contributed by atoms with Gasteiger partial charge in [0.05, 0.1) is 27.1 Å². The predicted octanol–water partition coefficient (Wildman–Crippen LogP) is 0.854. The van der Waals surface area contributed by atoms with E-state index >= 15 is 0 Å². The molecule has 3 heterocycles. The monoisotopic (exact) mass is 361 g/mol. The van der Waals surface area contributed by atoms with Gasteiger partial charge >= 0.3 is 10.7 Å². The molecule has 0 unspecified atom stereocenters. The van der Waals surface area contributed by atoms with Crippen LogP contribution in [0.25, 0.3) is 11.0 Å². The third kappa shape index (κ3) is 2.80. The largest absolute Gasteiger partial charge is 0.332 e. The van der Waals surface area contributed by atoms with Crippen molar-refractivity contribution < 1.29 is 9.72 Å². The lowest BCUT2D eigenvalue weighted by molar-refractivity contribution is -0.380. The number of thiophene rings is 1. The Bertz CT molecular complexity index is 1140. The van der Waals surface area contributed by atoms with E-state index in [1.165, 1.54) is 43.1 Å². The topological polar surface area (TPSA) is 129 Å². The van der Waals surface area contributed by atoms with Gasteiger partial charge in [0, 0.05) is 20.2 Å². The van der Waals surface area contributed by atoms with Gasteiger partial charge in [-0.05, 0) is 12.1 Å². The zero-order valence-corrected chi connectivity index (χ0v) is 13.9. The van der Waals surface area contributed by atoms with Crippen LogP contribution in [0.2, 0.25) is 0 Å². The number of nitrogens with one attached hydrogen (secondary N) is 1. The van der Waals surface area contributed by atoms with E-state index in [0.717, 1.165) is 15.9 Å². The summed E-state index contributed by atoms with van der Waals surface area (Å²) in [6, 6.07) is 3.99. The number of carbonyl (C=O) groups excluding carboxylic acids is 1. The number of amides is 1. The highest BCUT2D eigenvalue weighted by molar-refractivity contribution is 7.17. The van der Waals surface area contributed by atoms with Gasteiger partial charge in [-0.3, -0.25) is 28.8 Å². The smallest absolute Gasteiger partial charge is 0.320 e.